The van der Waals surface area contributed by atoms with Gasteiger partial charge in [-0.2, -0.15) is 0 Å². The molecule has 0 unspecified atom stereocenters. The van der Waals surface area contributed by atoms with Gasteiger partial charge in [0.2, 0.25) is 0 Å². The van der Waals surface area contributed by atoms with Crippen molar-refractivity contribution in [1.29, 1.82) is 0 Å². The van der Waals surface area contributed by atoms with Gasteiger partial charge >= 0.3 is 0 Å². The summed E-state index contributed by atoms with van der Waals surface area (Å²) in [5.74, 6) is 0.476. The maximum atomic E-state index is 13.0. The van der Waals surface area contributed by atoms with Crippen LogP contribution in [0.25, 0.3) is 11.0 Å². The molecule has 5 heteroatoms. The molecule has 1 aliphatic heterocycles. The van der Waals surface area contributed by atoms with Crippen LogP contribution in [0, 0.1) is 0 Å². The smallest absolute Gasteiger partial charge is 0.278 e. The average Bonchev–Trinajstić information content (AvgIpc) is 3.21. The van der Waals surface area contributed by atoms with E-state index in [4.69, 9.17) is 4.98 Å². The third-order valence-electron chi connectivity index (χ3n) is 4.77. The lowest BCUT2D eigenvalue weighted by molar-refractivity contribution is 0.102. The van der Waals surface area contributed by atoms with Crippen LogP contribution in [0.1, 0.15) is 35.8 Å². The van der Waals surface area contributed by atoms with Gasteiger partial charge in [0.1, 0.15) is 0 Å². The molecule has 3 aromatic rings. The number of aromatic nitrogens is 2. The molecule has 0 saturated carbocycles. The summed E-state index contributed by atoms with van der Waals surface area (Å²) in [6.07, 6.45) is 3.17. The highest BCUT2D eigenvalue weighted by molar-refractivity contribution is 6.07. The van der Waals surface area contributed by atoms with Crippen LogP contribution in [0.15, 0.2) is 48.5 Å². The highest BCUT2D eigenvalue weighted by Gasteiger charge is 2.23. The number of hydrogen-bond donors (Lipinski definition) is 1. The molecule has 1 fully saturated rings. The molecule has 5 nitrogen and oxygen atoms in total. The number of hydrogen-bond acceptors (Lipinski definition) is 4. The first-order valence-electron chi connectivity index (χ1n) is 9.16. The van der Waals surface area contributed by atoms with Gasteiger partial charge in [0.05, 0.1) is 11.0 Å². The summed E-state index contributed by atoms with van der Waals surface area (Å²) in [6.45, 7) is 3.93. The Hall–Kier alpha value is -2.95. The van der Waals surface area contributed by atoms with Gasteiger partial charge in [0, 0.05) is 18.8 Å². The number of carbonyl (C=O) groups is 1. The fraction of sp³-hybridized carbons (Fsp3) is 0.286. The average molecular weight is 346 g/mol. The van der Waals surface area contributed by atoms with E-state index < -0.39 is 0 Å². The SMILES string of the molecule is CCc1cccc(NC(=O)c2nc3ccccc3nc2N2CCCC2)c1. The Labute approximate surface area is 153 Å². The van der Waals surface area contributed by atoms with Gasteiger partial charge in [-0.25, -0.2) is 9.97 Å². The van der Waals surface area contributed by atoms with E-state index in [1.54, 1.807) is 0 Å². The molecular formula is C21H22N4O. The zero-order valence-electron chi connectivity index (χ0n) is 14.9. The van der Waals surface area contributed by atoms with Gasteiger partial charge in [-0.05, 0) is 49.1 Å². The molecule has 132 valence electrons. The van der Waals surface area contributed by atoms with E-state index in [-0.39, 0.29) is 5.91 Å². The highest BCUT2D eigenvalue weighted by Crippen LogP contribution is 2.25. The van der Waals surface area contributed by atoms with Crippen LogP contribution >= 0.6 is 0 Å². The van der Waals surface area contributed by atoms with Crippen molar-refractivity contribution in [2.45, 2.75) is 26.2 Å². The molecule has 2 heterocycles. The number of fused-ring (bicyclic) bond motifs is 1. The van der Waals surface area contributed by atoms with Crippen LogP contribution in [-0.4, -0.2) is 29.0 Å². The normalized spacial score (nSPS) is 14.0. The van der Waals surface area contributed by atoms with E-state index in [9.17, 15) is 4.79 Å². The van der Waals surface area contributed by atoms with Crippen LogP contribution in [0.3, 0.4) is 0 Å². The molecule has 1 aliphatic rings. The maximum Gasteiger partial charge on any atom is 0.278 e. The van der Waals surface area contributed by atoms with Crippen LogP contribution in [0.4, 0.5) is 11.5 Å². The number of benzene rings is 2. The summed E-state index contributed by atoms with van der Waals surface area (Å²) < 4.78 is 0. The molecule has 0 radical (unpaired) electrons. The second-order valence-electron chi connectivity index (χ2n) is 6.59. The summed E-state index contributed by atoms with van der Waals surface area (Å²) in [6, 6.07) is 15.6. The molecule has 1 amide bonds. The Bertz CT molecular complexity index is 948. The third-order valence-corrected chi connectivity index (χ3v) is 4.77. The first kappa shape index (κ1) is 16.5. The molecule has 2 aromatic carbocycles. The fourth-order valence-electron chi connectivity index (χ4n) is 3.35. The number of amides is 1. The Balaban J connectivity index is 1.73. The van der Waals surface area contributed by atoms with Crippen molar-refractivity contribution in [3.63, 3.8) is 0 Å². The van der Waals surface area contributed by atoms with E-state index in [2.05, 4.69) is 28.2 Å². The van der Waals surface area contributed by atoms with Crippen molar-refractivity contribution in [3.8, 4) is 0 Å². The molecule has 1 saturated heterocycles. The Morgan fingerprint density at radius 3 is 2.50 bits per heavy atom. The molecule has 1 aromatic heterocycles. The van der Waals surface area contributed by atoms with Crippen molar-refractivity contribution >= 4 is 28.4 Å². The zero-order valence-corrected chi connectivity index (χ0v) is 14.9. The Kier molecular flexibility index (Phi) is 4.52. The second kappa shape index (κ2) is 7.12. The van der Waals surface area contributed by atoms with Gasteiger partial charge in [0.15, 0.2) is 11.5 Å². The summed E-state index contributed by atoms with van der Waals surface area (Å²) in [4.78, 5) is 24.6. The standard InChI is InChI=1S/C21H22N4O/c1-2-15-8-7-9-16(14-15)22-21(26)19-20(25-12-5-6-13-25)24-18-11-4-3-10-17(18)23-19/h3-4,7-11,14H,2,5-6,12-13H2,1H3,(H,22,26). The lowest BCUT2D eigenvalue weighted by Crippen LogP contribution is -2.25. The lowest BCUT2D eigenvalue weighted by atomic mass is 10.1. The lowest BCUT2D eigenvalue weighted by Gasteiger charge is -2.19. The van der Waals surface area contributed by atoms with E-state index in [0.29, 0.717) is 11.5 Å². The predicted octanol–water partition coefficient (Wildman–Crippen LogP) is 4.04. The van der Waals surface area contributed by atoms with Crippen molar-refractivity contribution in [2.75, 3.05) is 23.3 Å². The number of anilines is 2. The van der Waals surface area contributed by atoms with Crippen LogP contribution in [-0.2, 0) is 6.42 Å². The number of nitrogens with zero attached hydrogens (tertiary/aromatic N) is 3. The van der Waals surface area contributed by atoms with Crippen LogP contribution < -0.4 is 10.2 Å². The van der Waals surface area contributed by atoms with Gasteiger partial charge in [-0.1, -0.05) is 31.2 Å². The quantitative estimate of drug-likeness (QED) is 0.774. The monoisotopic (exact) mass is 346 g/mol. The Morgan fingerprint density at radius 2 is 1.77 bits per heavy atom. The number of carbonyl (C=O) groups excluding carboxylic acids is 1. The summed E-state index contributed by atoms with van der Waals surface area (Å²) in [5, 5.41) is 2.99. The van der Waals surface area contributed by atoms with Crippen molar-refractivity contribution in [1.82, 2.24) is 9.97 Å². The number of nitrogens with one attached hydrogen (secondary N) is 1. The van der Waals surface area contributed by atoms with Crippen molar-refractivity contribution in [3.05, 3.63) is 59.8 Å². The largest absolute Gasteiger partial charge is 0.355 e. The van der Waals surface area contributed by atoms with Gasteiger partial charge in [-0.15, -0.1) is 0 Å². The second-order valence-corrected chi connectivity index (χ2v) is 6.59. The number of para-hydroxylation sites is 2. The van der Waals surface area contributed by atoms with Gasteiger partial charge < -0.3 is 10.2 Å². The van der Waals surface area contributed by atoms with E-state index in [0.717, 1.165) is 49.1 Å². The Morgan fingerprint density at radius 1 is 1.04 bits per heavy atom. The molecule has 4 rings (SSSR count). The highest BCUT2D eigenvalue weighted by atomic mass is 16.1. The van der Waals surface area contributed by atoms with E-state index >= 15 is 0 Å². The number of aryl methyl sites for hydroxylation is 1. The van der Waals surface area contributed by atoms with Crippen LogP contribution in [0.5, 0.6) is 0 Å². The minimum atomic E-state index is -0.210. The topological polar surface area (TPSA) is 58.1 Å². The third kappa shape index (κ3) is 3.25. The molecule has 1 N–H and O–H groups in total. The molecular weight excluding hydrogens is 324 g/mol. The zero-order chi connectivity index (χ0) is 17.9. The van der Waals surface area contributed by atoms with E-state index in [1.807, 2.05) is 42.5 Å². The minimum absolute atomic E-state index is 0.210. The summed E-state index contributed by atoms with van der Waals surface area (Å²) >= 11 is 0. The molecule has 0 spiro atoms. The summed E-state index contributed by atoms with van der Waals surface area (Å²) in [7, 11) is 0. The fourth-order valence-corrected chi connectivity index (χ4v) is 3.35. The van der Waals surface area contributed by atoms with Gasteiger partial charge in [0.25, 0.3) is 5.91 Å². The van der Waals surface area contributed by atoms with Crippen molar-refractivity contribution < 1.29 is 4.79 Å². The van der Waals surface area contributed by atoms with Crippen molar-refractivity contribution in [2.24, 2.45) is 0 Å². The molecule has 0 atom stereocenters. The minimum Gasteiger partial charge on any atom is -0.355 e. The molecule has 0 bridgehead atoms. The first-order valence-corrected chi connectivity index (χ1v) is 9.16. The summed E-state index contributed by atoms with van der Waals surface area (Å²) in [5.41, 5.74) is 3.93. The first-order chi connectivity index (χ1) is 12.7. The molecule has 26 heavy (non-hydrogen) atoms. The van der Waals surface area contributed by atoms with Gasteiger partial charge in [-0.3, -0.25) is 4.79 Å². The van der Waals surface area contributed by atoms with E-state index in [1.165, 1.54) is 5.56 Å². The predicted molar refractivity (Wildman–Crippen MR) is 105 cm³/mol. The maximum absolute atomic E-state index is 13.0. The van der Waals surface area contributed by atoms with Crippen LogP contribution in [0.2, 0.25) is 0 Å². The number of rotatable bonds is 4. The molecule has 0 aliphatic carbocycles.